The van der Waals surface area contributed by atoms with Gasteiger partial charge in [0.25, 0.3) is 0 Å². The van der Waals surface area contributed by atoms with E-state index in [2.05, 4.69) is 428 Å². The predicted molar refractivity (Wildman–Crippen MR) is 507 cm³/mol. The van der Waals surface area contributed by atoms with Gasteiger partial charge in [-0.25, -0.2) is 4.79 Å². The van der Waals surface area contributed by atoms with Gasteiger partial charge < -0.3 is 28.4 Å². The largest absolute Gasteiger partial charge is 0.494 e. The molecule has 0 fully saturated rings. The molecule has 614 valence electrons. The summed E-state index contributed by atoms with van der Waals surface area (Å²) in [5.41, 5.74) is -0.688. The van der Waals surface area contributed by atoms with E-state index in [1.54, 1.807) is 0 Å². The lowest BCUT2D eigenvalue weighted by Gasteiger charge is -2.21. The standard InChI is InChI=1S/C24H25O3S.2C22H23OS.C21H21OS.C20H19OS/c1-24(2,3)27-23(25)18-26-19-14-16-22(17-15-19)28(20-10-6-4-7-11-20)21-12-8-5-9-13-21;1-22(2,3)23-18-14-16-21(17-15-18)24(19-10-6-4-7-11-19)20-12-8-5-9-13-20;1-2-3-18-23-19-14-16-22(17-15-19)24(20-10-6-4-7-11-20)21-12-8-5-9-13-21;1-17(2)22-18-13-15-21(16-14-18)23(19-9-5-3-6-10-19)20-11-7-4-8-12-20;1-2-21-17-13-15-20(16-14-17)22(18-9-5-3-6-10-18)19-11-7-4-8-12-19/h4-17H,18H2,1-3H3;4-17H,1-3H3;4-17H,2-3,18H2,1H3;3-17H,1-2H3;3-16H,2H2,1H3/q5*+1. The van der Waals surface area contributed by atoms with E-state index in [0.29, 0.717) is 12.4 Å². The molecular weight excluding hydrogens is 1580 g/mol. The van der Waals surface area contributed by atoms with E-state index in [1.165, 1.54) is 73.4 Å². The fraction of sp³-hybridized carbons (Fsp3) is 0.165. The summed E-state index contributed by atoms with van der Waals surface area (Å²) in [7, 11) is -0.557. The Balaban J connectivity index is 0.000000148. The first kappa shape index (κ1) is 90.3. The number of carbonyl (C=O) groups is 1. The predicted octanol–water partition coefficient (Wildman–Crippen LogP) is 28.2. The number of unbranched alkanes of at least 4 members (excludes halogenated alkanes) is 1. The van der Waals surface area contributed by atoms with Gasteiger partial charge in [0.1, 0.15) is 39.9 Å². The SMILES string of the molecule is CC(C)(C)OC(=O)COc1ccc([S+](c2ccccc2)c2ccccc2)cc1.CC(C)(C)Oc1ccc([S+](c2ccccc2)c2ccccc2)cc1.CC(C)Oc1ccc([S+](c2ccccc2)c2ccccc2)cc1.CCCCOc1ccc([S+](c2ccccc2)c2ccccc2)cc1.CCOc1ccc([S+](c2ccccc2)c2ccccc2)cc1. The average Bonchev–Trinajstić information content (AvgIpc) is 0.835. The molecule has 12 heteroatoms. The first-order valence-electron chi connectivity index (χ1n) is 41.1. The zero-order valence-corrected chi connectivity index (χ0v) is 75.0. The Labute approximate surface area is 733 Å². The topological polar surface area (TPSA) is 72.5 Å². The Bertz CT molecular complexity index is 5180. The molecule has 0 radical (unpaired) electrons. The molecule has 0 atom stereocenters. The van der Waals surface area contributed by atoms with E-state index >= 15 is 0 Å². The van der Waals surface area contributed by atoms with Crippen LogP contribution in [0.1, 0.15) is 82.1 Å². The van der Waals surface area contributed by atoms with Crippen LogP contribution < -0.4 is 23.7 Å². The highest BCUT2D eigenvalue weighted by Crippen LogP contribution is 2.38. The van der Waals surface area contributed by atoms with Gasteiger partial charge in [0.2, 0.25) is 0 Å². The van der Waals surface area contributed by atoms with Crippen molar-refractivity contribution < 1.29 is 33.2 Å². The second kappa shape index (κ2) is 47.5. The summed E-state index contributed by atoms with van der Waals surface area (Å²) < 4.78 is 33.9. The smallest absolute Gasteiger partial charge is 0.344 e. The number of hydrogen-bond donors (Lipinski definition) is 0. The lowest BCUT2D eigenvalue weighted by Crippen LogP contribution is -2.27. The lowest BCUT2D eigenvalue weighted by atomic mass is 10.2. The van der Waals surface area contributed by atoms with Crippen LogP contribution in [0.15, 0.2) is 498 Å². The van der Waals surface area contributed by atoms with Crippen LogP contribution in [0.25, 0.3) is 0 Å². The first-order chi connectivity index (χ1) is 58.9. The monoisotopic (exact) mass is 1690 g/mol. The van der Waals surface area contributed by atoms with Crippen molar-refractivity contribution in [3.63, 3.8) is 0 Å². The van der Waals surface area contributed by atoms with Crippen molar-refractivity contribution in [3.8, 4) is 28.7 Å². The van der Waals surface area contributed by atoms with Crippen LogP contribution in [0.4, 0.5) is 0 Å². The minimum absolute atomic E-state index is 0.0824. The zero-order chi connectivity index (χ0) is 84.9. The third-order valence-corrected chi connectivity index (χ3v) is 28.9. The highest BCUT2D eigenvalue weighted by molar-refractivity contribution is 7.98. The number of benzene rings is 15. The minimum atomic E-state index is -0.510. The second-order valence-electron chi connectivity index (χ2n) is 29.9. The molecule has 0 saturated heterocycles. The quantitative estimate of drug-likeness (QED) is 0.0289. The van der Waals surface area contributed by atoms with Crippen LogP contribution >= 0.6 is 0 Å². The molecule has 0 aromatic heterocycles. The minimum Gasteiger partial charge on any atom is -0.494 e. The van der Waals surface area contributed by atoms with Crippen LogP contribution in [0.5, 0.6) is 28.7 Å². The van der Waals surface area contributed by atoms with Crippen LogP contribution in [0.2, 0.25) is 0 Å². The summed E-state index contributed by atoms with van der Waals surface area (Å²) in [4.78, 5) is 31.4. The Kier molecular flexibility index (Phi) is 35.4. The van der Waals surface area contributed by atoms with Crippen molar-refractivity contribution in [3.05, 3.63) is 425 Å². The Hall–Kier alpha value is -11.5. The maximum atomic E-state index is 11.8. The van der Waals surface area contributed by atoms with Crippen molar-refractivity contribution in [2.75, 3.05) is 19.8 Å². The molecule has 0 heterocycles. The fourth-order valence-electron chi connectivity index (χ4n) is 12.6. The van der Waals surface area contributed by atoms with Gasteiger partial charge in [-0.2, -0.15) is 0 Å². The van der Waals surface area contributed by atoms with Crippen LogP contribution in [0, 0.1) is 0 Å². The molecule has 0 aliphatic heterocycles. The number of carbonyl (C=O) groups excluding carboxylic acids is 1. The van der Waals surface area contributed by atoms with Gasteiger partial charge in [0.05, 0.1) is 73.8 Å². The third-order valence-electron chi connectivity index (χ3n) is 17.7. The normalized spacial score (nSPS) is 11.0. The molecule has 0 unspecified atom stereocenters. The van der Waals surface area contributed by atoms with Gasteiger partial charge >= 0.3 is 5.97 Å². The molecule has 15 aromatic carbocycles. The molecule has 121 heavy (non-hydrogen) atoms. The highest BCUT2D eigenvalue weighted by atomic mass is 32.2. The molecule has 0 aliphatic rings. The summed E-state index contributed by atoms with van der Waals surface area (Å²) >= 11 is 0. The lowest BCUT2D eigenvalue weighted by molar-refractivity contribution is -0.157. The molecule has 7 nitrogen and oxygen atoms in total. The van der Waals surface area contributed by atoms with Crippen molar-refractivity contribution in [2.45, 2.75) is 173 Å². The van der Waals surface area contributed by atoms with Gasteiger partial charge in [-0.3, -0.25) is 0 Å². The Morgan fingerprint density at radius 1 is 0.256 bits per heavy atom. The summed E-state index contributed by atoms with van der Waals surface area (Å²) in [5, 5.41) is 0. The average molecular weight is 1690 g/mol. The van der Waals surface area contributed by atoms with Crippen molar-refractivity contribution >= 4 is 60.4 Å². The van der Waals surface area contributed by atoms with Gasteiger partial charge in [-0.15, -0.1) is 0 Å². The van der Waals surface area contributed by atoms with Gasteiger partial charge in [-0.05, 0) is 311 Å². The van der Waals surface area contributed by atoms with Crippen molar-refractivity contribution in [1.29, 1.82) is 0 Å². The molecule has 0 bridgehead atoms. The summed E-state index contributed by atoms with van der Waals surface area (Å²) in [6.07, 6.45) is 2.45. The van der Waals surface area contributed by atoms with Crippen LogP contribution in [-0.2, 0) is 64.0 Å². The van der Waals surface area contributed by atoms with E-state index in [4.69, 9.17) is 28.4 Å². The first-order valence-corrected chi connectivity index (χ1v) is 47.3. The van der Waals surface area contributed by atoms with Gasteiger partial charge in [0, 0.05) is 0 Å². The summed E-state index contributed by atoms with van der Waals surface area (Å²) in [5.74, 6) is 4.00. The molecule has 0 saturated carbocycles. The van der Waals surface area contributed by atoms with Gasteiger partial charge in [-0.1, -0.05) is 195 Å². The molecule has 0 amide bonds. The van der Waals surface area contributed by atoms with Crippen LogP contribution in [-0.4, -0.2) is 43.1 Å². The highest BCUT2D eigenvalue weighted by Gasteiger charge is 2.34. The molecule has 0 N–H and O–H groups in total. The summed E-state index contributed by atoms with van der Waals surface area (Å²) in [6.45, 7) is 21.4. The number of rotatable bonds is 27. The Morgan fingerprint density at radius 3 is 0.669 bits per heavy atom. The number of esters is 1. The maximum absolute atomic E-state index is 11.8. The Morgan fingerprint density at radius 2 is 0.463 bits per heavy atom. The van der Waals surface area contributed by atoms with Crippen LogP contribution in [0.3, 0.4) is 0 Å². The maximum Gasteiger partial charge on any atom is 0.344 e. The molecule has 15 aromatic rings. The fourth-order valence-corrected chi connectivity index (χ4v) is 23.0. The molecule has 15 rings (SSSR count). The second-order valence-corrected chi connectivity index (χ2v) is 40.0. The number of ether oxygens (including phenoxy) is 6. The van der Waals surface area contributed by atoms with E-state index in [1.807, 2.05) is 65.8 Å². The molecule has 0 aliphatic carbocycles. The zero-order valence-electron chi connectivity index (χ0n) is 70.9. The van der Waals surface area contributed by atoms with E-state index in [9.17, 15) is 4.79 Å². The van der Waals surface area contributed by atoms with E-state index in [-0.39, 0.29) is 78.8 Å². The third kappa shape index (κ3) is 29.2. The summed E-state index contributed by atoms with van der Waals surface area (Å²) in [6, 6.07) is 148. The molecule has 0 spiro atoms. The molecular formula is C109H111O7S5+5. The van der Waals surface area contributed by atoms with E-state index in [0.717, 1.165) is 42.4 Å². The van der Waals surface area contributed by atoms with E-state index < -0.39 is 5.60 Å². The van der Waals surface area contributed by atoms with Crippen molar-refractivity contribution in [1.82, 2.24) is 0 Å². The van der Waals surface area contributed by atoms with Crippen molar-refractivity contribution in [2.24, 2.45) is 0 Å². The number of hydrogen-bond acceptors (Lipinski definition) is 7. The van der Waals surface area contributed by atoms with Gasteiger partial charge in [0.15, 0.2) is 80.0 Å².